The number of aliphatic imine (C=N–C) groups is 2. The number of phenolic OH excluding ortho intramolecular Hbond substituents is 2. The van der Waals surface area contributed by atoms with E-state index >= 15 is 0 Å². The highest BCUT2D eigenvalue weighted by molar-refractivity contribution is 5.86. The number of amidine groups is 2. The van der Waals surface area contributed by atoms with Crippen molar-refractivity contribution in [2.75, 3.05) is 26.2 Å². The first-order chi connectivity index (χ1) is 17.6. The van der Waals surface area contributed by atoms with E-state index < -0.39 is 0 Å². The first-order valence-corrected chi connectivity index (χ1v) is 13.9. The Labute approximate surface area is 241 Å². The second kappa shape index (κ2) is 12.7. The van der Waals surface area contributed by atoms with E-state index in [1.165, 1.54) is 22.3 Å². The highest BCUT2D eigenvalue weighted by Crippen LogP contribution is 2.37. The van der Waals surface area contributed by atoms with Gasteiger partial charge in [-0.3, -0.25) is 10.3 Å². The number of quaternary nitrogens is 1. The zero-order chi connectivity index (χ0) is 28.4. The molecule has 0 atom stereocenters. The highest BCUT2D eigenvalue weighted by atomic mass is 35.5. The molecule has 2 aliphatic rings. The lowest BCUT2D eigenvalue weighted by Gasteiger charge is -2.24. The fourth-order valence-corrected chi connectivity index (χ4v) is 5.26. The number of hydrogen-bond donors (Lipinski definition) is 4. The molecule has 0 aromatic heterocycles. The van der Waals surface area contributed by atoms with Gasteiger partial charge in [0.2, 0.25) is 0 Å². The SMILES string of the molecule is Cc1cc(C(C)(C)C)c(O)c(C)c1CC1=NCCN1.Cc1cc(C(C)(C)C)c(O)c(C)c1CC1=NCC[NH2+]1.[Cl-]. The molecule has 0 radical (unpaired) electrons. The van der Waals surface area contributed by atoms with Gasteiger partial charge in [-0.2, -0.15) is 0 Å². The van der Waals surface area contributed by atoms with Gasteiger partial charge in [0.1, 0.15) is 23.9 Å². The Balaban J connectivity index is 0.000000267. The number of benzene rings is 2. The number of hydrogen-bond acceptors (Lipinski definition) is 5. The summed E-state index contributed by atoms with van der Waals surface area (Å²) in [4.78, 5) is 8.93. The van der Waals surface area contributed by atoms with E-state index in [9.17, 15) is 10.2 Å². The first-order valence-electron chi connectivity index (χ1n) is 13.9. The molecule has 2 aromatic carbocycles. The largest absolute Gasteiger partial charge is 1.00 e. The number of nitrogens with two attached hydrogens (primary N) is 1. The van der Waals surface area contributed by atoms with Gasteiger partial charge in [-0.15, -0.1) is 0 Å². The minimum atomic E-state index is -0.0404. The lowest BCUT2D eigenvalue weighted by Crippen LogP contribution is -3.00. The van der Waals surface area contributed by atoms with Crippen molar-refractivity contribution in [2.45, 2.75) is 92.9 Å². The van der Waals surface area contributed by atoms with Crippen LogP contribution in [0.3, 0.4) is 0 Å². The summed E-state index contributed by atoms with van der Waals surface area (Å²) < 4.78 is 0. The third-order valence-corrected chi connectivity index (χ3v) is 7.69. The van der Waals surface area contributed by atoms with Crippen molar-refractivity contribution in [1.29, 1.82) is 0 Å². The third-order valence-electron chi connectivity index (χ3n) is 7.69. The summed E-state index contributed by atoms with van der Waals surface area (Å²) in [5.41, 5.74) is 8.88. The normalized spacial score (nSPS) is 15.1. The van der Waals surface area contributed by atoms with Gasteiger partial charge in [0.05, 0.1) is 19.5 Å². The van der Waals surface area contributed by atoms with Crippen LogP contribution >= 0.6 is 0 Å². The molecule has 4 rings (SSSR count). The van der Waals surface area contributed by atoms with Gasteiger partial charge < -0.3 is 27.9 Å². The number of aryl methyl sites for hydroxylation is 2. The maximum Gasteiger partial charge on any atom is 0.199 e. The Morgan fingerprint density at radius 1 is 0.769 bits per heavy atom. The Morgan fingerprint density at radius 3 is 1.64 bits per heavy atom. The average Bonchev–Trinajstić information content (AvgIpc) is 3.52. The average molecular weight is 557 g/mol. The van der Waals surface area contributed by atoms with Gasteiger partial charge in [-0.1, -0.05) is 53.7 Å². The summed E-state index contributed by atoms with van der Waals surface area (Å²) >= 11 is 0. The predicted molar refractivity (Wildman–Crippen MR) is 159 cm³/mol. The van der Waals surface area contributed by atoms with E-state index in [1.54, 1.807) is 0 Å². The minimum absolute atomic E-state index is 0. The van der Waals surface area contributed by atoms with Gasteiger partial charge >= 0.3 is 0 Å². The molecule has 2 heterocycles. The minimum Gasteiger partial charge on any atom is -1.00 e. The molecule has 0 unspecified atom stereocenters. The quantitative estimate of drug-likeness (QED) is 0.461. The number of halogens is 1. The first kappa shape index (κ1) is 32.6. The number of phenols is 2. The highest BCUT2D eigenvalue weighted by Gasteiger charge is 2.24. The van der Waals surface area contributed by atoms with Crippen LogP contribution in [0.4, 0.5) is 0 Å². The van der Waals surface area contributed by atoms with Crippen LogP contribution in [-0.2, 0) is 23.7 Å². The van der Waals surface area contributed by atoms with E-state index in [0.717, 1.165) is 72.9 Å². The summed E-state index contributed by atoms with van der Waals surface area (Å²) in [7, 11) is 0. The van der Waals surface area contributed by atoms with E-state index in [2.05, 4.69) is 88.1 Å². The maximum absolute atomic E-state index is 10.5. The number of nitrogens with one attached hydrogen (secondary N) is 1. The molecule has 0 saturated heterocycles. The van der Waals surface area contributed by atoms with E-state index in [0.29, 0.717) is 11.5 Å². The zero-order valence-corrected chi connectivity index (χ0v) is 26.4. The fraction of sp³-hybridized carbons (Fsp3) is 0.562. The van der Waals surface area contributed by atoms with E-state index in [-0.39, 0.29) is 23.2 Å². The molecule has 216 valence electrons. The molecule has 0 fully saturated rings. The maximum atomic E-state index is 10.5. The molecule has 5 N–H and O–H groups in total. The summed E-state index contributed by atoms with van der Waals surface area (Å²) in [6, 6.07) is 4.25. The van der Waals surface area contributed by atoms with Crippen molar-refractivity contribution < 1.29 is 27.9 Å². The van der Waals surface area contributed by atoms with Crippen LogP contribution < -0.4 is 23.0 Å². The third kappa shape index (κ3) is 7.76. The van der Waals surface area contributed by atoms with Crippen molar-refractivity contribution in [3.8, 4) is 11.5 Å². The van der Waals surface area contributed by atoms with Gasteiger partial charge in [-0.25, -0.2) is 4.99 Å². The van der Waals surface area contributed by atoms with Gasteiger partial charge in [0, 0.05) is 13.0 Å². The van der Waals surface area contributed by atoms with Crippen molar-refractivity contribution in [3.63, 3.8) is 0 Å². The van der Waals surface area contributed by atoms with Crippen LogP contribution in [0.1, 0.15) is 86.1 Å². The van der Waals surface area contributed by atoms with Gasteiger partial charge in [-0.05, 0) is 83.0 Å². The molecule has 7 heteroatoms. The molecular formula is C32H49ClN4O2. The van der Waals surface area contributed by atoms with Gasteiger partial charge in [0.15, 0.2) is 5.84 Å². The molecule has 0 spiro atoms. The Bertz CT molecular complexity index is 1150. The Hall–Kier alpha value is -2.57. The molecule has 0 saturated carbocycles. The van der Waals surface area contributed by atoms with Crippen molar-refractivity contribution in [1.82, 2.24) is 5.32 Å². The van der Waals surface area contributed by atoms with Crippen molar-refractivity contribution >= 4 is 11.7 Å². The lowest BCUT2D eigenvalue weighted by molar-refractivity contribution is -0.529. The summed E-state index contributed by atoms with van der Waals surface area (Å²) in [6.45, 7) is 24.8. The molecule has 39 heavy (non-hydrogen) atoms. The molecule has 0 bridgehead atoms. The summed E-state index contributed by atoms with van der Waals surface area (Å²) in [5, 5.41) is 26.4. The van der Waals surface area contributed by atoms with Crippen LogP contribution in [-0.4, -0.2) is 48.1 Å². The van der Waals surface area contributed by atoms with Crippen molar-refractivity contribution in [2.24, 2.45) is 9.98 Å². The number of aromatic hydroxyl groups is 2. The predicted octanol–water partition coefficient (Wildman–Crippen LogP) is 1.68. The second-order valence-electron chi connectivity index (χ2n) is 12.9. The Morgan fingerprint density at radius 2 is 1.26 bits per heavy atom. The van der Waals surface area contributed by atoms with E-state index in [1.807, 2.05) is 13.8 Å². The molecular weight excluding hydrogens is 508 g/mol. The molecule has 0 amide bonds. The Kier molecular flexibility index (Phi) is 10.7. The lowest BCUT2D eigenvalue weighted by atomic mass is 9.82. The standard InChI is InChI=1S/2C16H24N2O.ClH/c2*1-10-8-13(16(3,4)5)15(19)11(2)12(10)9-14-17-6-7-18-14;/h2*8,19H,6-7,9H2,1-5H3,(H,17,18);1H. The summed E-state index contributed by atoms with van der Waals surface area (Å²) in [5.74, 6) is 3.08. The van der Waals surface area contributed by atoms with Crippen LogP contribution in [0.15, 0.2) is 22.1 Å². The zero-order valence-electron chi connectivity index (χ0n) is 25.6. The monoisotopic (exact) mass is 556 g/mol. The molecule has 6 nitrogen and oxygen atoms in total. The van der Waals surface area contributed by atoms with Crippen LogP contribution in [0.2, 0.25) is 0 Å². The summed E-state index contributed by atoms with van der Waals surface area (Å²) in [6.07, 6.45) is 1.63. The molecule has 2 aliphatic heterocycles. The topological polar surface area (TPSA) is 93.8 Å². The van der Waals surface area contributed by atoms with Gasteiger partial charge in [0.25, 0.3) is 0 Å². The van der Waals surface area contributed by atoms with Crippen LogP contribution in [0.5, 0.6) is 11.5 Å². The molecule has 0 aliphatic carbocycles. The fourth-order valence-electron chi connectivity index (χ4n) is 5.26. The number of nitrogens with zero attached hydrogens (tertiary/aromatic N) is 2. The van der Waals surface area contributed by atoms with Crippen LogP contribution in [0, 0.1) is 27.7 Å². The van der Waals surface area contributed by atoms with Crippen molar-refractivity contribution in [3.05, 3.63) is 56.6 Å². The second-order valence-corrected chi connectivity index (χ2v) is 12.9. The smallest absolute Gasteiger partial charge is 0.199 e. The van der Waals surface area contributed by atoms with Crippen LogP contribution in [0.25, 0.3) is 0 Å². The number of rotatable bonds is 4. The molecule has 2 aromatic rings. The van der Waals surface area contributed by atoms with E-state index in [4.69, 9.17) is 0 Å².